The van der Waals surface area contributed by atoms with Crippen LogP contribution in [0.1, 0.15) is 17.4 Å². The molecule has 0 amide bonds. The summed E-state index contributed by atoms with van der Waals surface area (Å²) in [7, 11) is 0. The van der Waals surface area contributed by atoms with Crippen molar-refractivity contribution in [3.8, 4) is 6.07 Å². The fourth-order valence-corrected chi connectivity index (χ4v) is 4.41. The first-order valence-corrected chi connectivity index (χ1v) is 8.34. The molecule has 2 aromatic rings. The van der Waals surface area contributed by atoms with E-state index in [4.69, 9.17) is 5.26 Å². The quantitative estimate of drug-likeness (QED) is 0.750. The maximum absolute atomic E-state index is 12.8. The summed E-state index contributed by atoms with van der Waals surface area (Å²) in [4.78, 5) is 1.26. The lowest BCUT2D eigenvalue weighted by atomic mass is 9.96. The number of aliphatic hydroxyl groups is 1. The molecule has 0 spiro atoms. The summed E-state index contributed by atoms with van der Waals surface area (Å²) >= 11 is 5.97. The second-order valence-corrected chi connectivity index (χ2v) is 7.80. The van der Waals surface area contributed by atoms with E-state index in [9.17, 15) is 18.3 Å². The van der Waals surface area contributed by atoms with E-state index >= 15 is 0 Å². The Bertz CT molecular complexity index is 717. The Labute approximate surface area is 141 Å². The topological polar surface area (TPSA) is 44.0 Å². The Morgan fingerprint density at radius 1 is 1.27 bits per heavy atom. The van der Waals surface area contributed by atoms with Crippen LogP contribution in [0.3, 0.4) is 0 Å². The van der Waals surface area contributed by atoms with E-state index in [0.29, 0.717) is 9.77 Å². The van der Waals surface area contributed by atoms with Gasteiger partial charge in [0.15, 0.2) is 5.60 Å². The van der Waals surface area contributed by atoms with Crippen molar-refractivity contribution in [2.24, 2.45) is 0 Å². The van der Waals surface area contributed by atoms with Crippen molar-refractivity contribution in [2.75, 3.05) is 0 Å². The average Bonchev–Trinajstić information content (AvgIpc) is 2.79. The van der Waals surface area contributed by atoms with E-state index < -0.39 is 11.8 Å². The summed E-state index contributed by atoms with van der Waals surface area (Å²) in [5, 5.41) is 18.4. The van der Waals surface area contributed by atoms with E-state index in [2.05, 4.69) is 15.9 Å². The number of alkyl halides is 3. The van der Waals surface area contributed by atoms with Crippen LogP contribution in [0.15, 0.2) is 43.9 Å². The maximum atomic E-state index is 12.8. The molecule has 0 radical (unpaired) electrons. The molecule has 116 valence electrons. The lowest BCUT2D eigenvalue weighted by molar-refractivity contribution is -0.258. The summed E-state index contributed by atoms with van der Waals surface area (Å²) in [6.07, 6.45) is -4.74. The van der Waals surface area contributed by atoms with Gasteiger partial charge in [0, 0.05) is 9.37 Å². The number of benzene rings is 1. The first-order chi connectivity index (χ1) is 10.1. The van der Waals surface area contributed by atoms with E-state index in [1.165, 1.54) is 47.4 Å². The van der Waals surface area contributed by atoms with Crippen molar-refractivity contribution >= 4 is 39.0 Å². The first kappa shape index (κ1) is 17.3. The molecular weight excluding hydrogens is 399 g/mol. The summed E-state index contributed by atoms with van der Waals surface area (Å²) in [6, 6.07) is 9.26. The second-order valence-electron chi connectivity index (χ2n) is 4.55. The molecule has 1 N–H and O–H groups in total. The summed E-state index contributed by atoms with van der Waals surface area (Å²) < 4.78 is 39.9. The molecule has 0 aliphatic carbocycles. The predicted octanol–water partition coefficient (Wildman–Crippen LogP) is 5.30. The van der Waals surface area contributed by atoms with Gasteiger partial charge in [-0.2, -0.15) is 18.4 Å². The van der Waals surface area contributed by atoms with Gasteiger partial charge in [0.1, 0.15) is 10.9 Å². The van der Waals surface area contributed by atoms with E-state index in [1.54, 1.807) is 6.07 Å². The summed E-state index contributed by atoms with van der Waals surface area (Å²) in [5.41, 5.74) is -3.10. The highest BCUT2D eigenvalue weighted by Gasteiger charge is 2.51. The smallest absolute Gasteiger partial charge is 0.376 e. The highest BCUT2D eigenvalue weighted by atomic mass is 79.9. The Kier molecular flexibility index (Phi) is 4.92. The fourth-order valence-electron chi connectivity index (χ4n) is 1.59. The number of nitrogens with zero attached hydrogens (tertiary/aromatic N) is 1. The number of rotatable bonds is 3. The Morgan fingerprint density at radius 2 is 1.86 bits per heavy atom. The number of thiophene rings is 1. The summed E-state index contributed by atoms with van der Waals surface area (Å²) in [5.74, 6) is 0. The van der Waals surface area contributed by atoms with Crippen molar-refractivity contribution in [1.82, 2.24) is 0 Å². The molecule has 0 saturated carbocycles. The van der Waals surface area contributed by atoms with Gasteiger partial charge in [-0.1, -0.05) is 23.9 Å². The number of hydrogen-bond donors (Lipinski definition) is 1. The molecule has 2 nitrogen and oxygen atoms in total. The molecule has 1 heterocycles. The molecule has 1 aromatic carbocycles. The minimum absolute atomic E-state index is 0.215. The molecule has 0 aliphatic rings. The summed E-state index contributed by atoms with van der Waals surface area (Å²) in [6.45, 7) is 0.726. The van der Waals surface area contributed by atoms with Gasteiger partial charge in [0.05, 0.1) is 4.21 Å². The molecule has 22 heavy (non-hydrogen) atoms. The van der Waals surface area contributed by atoms with Crippen LogP contribution in [-0.2, 0) is 5.60 Å². The van der Waals surface area contributed by atoms with Crippen molar-refractivity contribution in [2.45, 2.75) is 27.8 Å². The Morgan fingerprint density at radius 3 is 2.32 bits per heavy atom. The SMILES string of the molecule is C[C@](O)(c1ccc(Sc2sc(C#N)cc2Br)cc1)C(F)(F)F. The van der Waals surface area contributed by atoms with E-state index in [-0.39, 0.29) is 5.56 Å². The van der Waals surface area contributed by atoms with E-state index in [0.717, 1.165) is 15.6 Å². The predicted molar refractivity (Wildman–Crippen MR) is 82.9 cm³/mol. The average molecular weight is 408 g/mol. The number of halogens is 4. The first-order valence-electron chi connectivity index (χ1n) is 5.92. The maximum Gasteiger partial charge on any atom is 0.421 e. The minimum Gasteiger partial charge on any atom is -0.376 e. The van der Waals surface area contributed by atoms with Crippen molar-refractivity contribution in [3.63, 3.8) is 0 Å². The number of nitriles is 1. The molecule has 8 heteroatoms. The van der Waals surface area contributed by atoms with Gasteiger partial charge in [0.25, 0.3) is 0 Å². The third-order valence-electron chi connectivity index (χ3n) is 2.94. The van der Waals surface area contributed by atoms with Crippen molar-refractivity contribution < 1.29 is 18.3 Å². The highest BCUT2D eigenvalue weighted by Crippen LogP contribution is 2.42. The van der Waals surface area contributed by atoms with Crippen LogP contribution >= 0.6 is 39.0 Å². The van der Waals surface area contributed by atoms with Gasteiger partial charge < -0.3 is 5.11 Å². The molecule has 0 saturated heterocycles. The van der Waals surface area contributed by atoms with Crippen LogP contribution in [0.5, 0.6) is 0 Å². The van der Waals surface area contributed by atoms with Crippen LogP contribution in [0.2, 0.25) is 0 Å². The molecule has 0 fully saturated rings. The lowest BCUT2D eigenvalue weighted by Crippen LogP contribution is -2.39. The molecule has 1 aromatic heterocycles. The number of hydrogen-bond acceptors (Lipinski definition) is 4. The highest BCUT2D eigenvalue weighted by molar-refractivity contribution is 9.10. The Balaban J connectivity index is 2.23. The van der Waals surface area contributed by atoms with Gasteiger partial charge in [-0.25, -0.2) is 0 Å². The van der Waals surface area contributed by atoms with Gasteiger partial charge >= 0.3 is 6.18 Å². The largest absolute Gasteiger partial charge is 0.421 e. The molecule has 0 bridgehead atoms. The molecule has 2 rings (SSSR count). The standard InChI is InChI=1S/C14H9BrF3NOS2/c1-13(20,14(16,17)18)8-2-4-9(5-3-8)21-12-11(15)6-10(7-19)22-12/h2-6,20H,1H3/t13-/m0/s1. The molecule has 0 unspecified atom stereocenters. The lowest BCUT2D eigenvalue weighted by Gasteiger charge is -2.26. The molecule has 0 aliphatic heterocycles. The van der Waals surface area contributed by atoms with Crippen LogP contribution in [0, 0.1) is 11.3 Å². The van der Waals surface area contributed by atoms with Gasteiger partial charge in [-0.3, -0.25) is 0 Å². The monoisotopic (exact) mass is 407 g/mol. The zero-order valence-electron chi connectivity index (χ0n) is 11.1. The van der Waals surface area contributed by atoms with Crippen molar-refractivity contribution in [1.29, 1.82) is 5.26 Å². The third-order valence-corrected chi connectivity index (χ3v) is 6.34. The zero-order chi connectivity index (χ0) is 16.5. The second kappa shape index (κ2) is 6.24. The molecule has 1 atom stereocenters. The minimum atomic E-state index is -4.74. The van der Waals surface area contributed by atoms with Crippen LogP contribution in [0.25, 0.3) is 0 Å². The van der Waals surface area contributed by atoms with Crippen LogP contribution < -0.4 is 0 Å². The third kappa shape index (κ3) is 3.49. The van der Waals surface area contributed by atoms with Crippen LogP contribution in [0.4, 0.5) is 13.2 Å². The van der Waals surface area contributed by atoms with Crippen LogP contribution in [-0.4, -0.2) is 11.3 Å². The Hall–Kier alpha value is -1.01. The van der Waals surface area contributed by atoms with Gasteiger partial charge in [0.2, 0.25) is 0 Å². The van der Waals surface area contributed by atoms with Gasteiger partial charge in [-0.15, -0.1) is 11.3 Å². The molecular formula is C14H9BrF3NOS2. The van der Waals surface area contributed by atoms with Gasteiger partial charge in [-0.05, 0) is 46.6 Å². The van der Waals surface area contributed by atoms with E-state index in [1.807, 2.05) is 6.07 Å². The zero-order valence-corrected chi connectivity index (χ0v) is 14.3. The normalized spacial score (nSPS) is 14.4. The van der Waals surface area contributed by atoms with Crippen molar-refractivity contribution in [3.05, 3.63) is 45.2 Å². The fraction of sp³-hybridized carbons (Fsp3) is 0.214.